The van der Waals surface area contributed by atoms with Crippen molar-refractivity contribution in [3.63, 3.8) is 0 Å². The summed E-state index contributed by atoms with van der Waals surface area (Å²) in [5.74, 6) is 0.601. The van der Waals surface area contributed by atoms with Crippen molar-refractivity contribution in [3.05, 3.63) is 41.5 Å². The summed E-state index contributed by atoms with van der Waals surface area (Å²) in [4.78, 5) is 2.41. The quantitative estimate of drug-likeness (QED) is 0.834. The predicted octanol–water partition coefficient (Wildman–Crippen LogP) is 2.57. The molecule has 0 spiro atoms. The number of ether oxygens (including phenoxy) is 1. The molecular formula is C18H24FN5O. The Kier molecular flexibility index (Phi) is 5.03. The van der Waals surface area contributed by atoms with Crippen molar-refractivity contribution in [2.45, 2.75) is 50.8 Å². The number of piperidine rings is 1. The lowest BCUT2D eigenvalue weighted by Crippen LogP contribution is -2.36. The van der Waals surface area contributed by atoms with Crippen LogP contribution in [0, 0.1) is 5.82 Å². The highest BCUT2D eigenvalue weighted by Crippen LogP contribution is 2.30. The van der Waals surface area contributed by atoms with Crippen LogP contribution in [0.1, 0.15) is 49.5 Å². The second kappa shape index (κ2) is 7.58. The first-order valence-electron chi connectivity index (χ1n) is 9.18. The fraction of sp³-hybridized carbons (Fsp3) is 0.611. The maximum atomic E-state index is 13.4. The van der Waals surface area contributed by atoms with Crippen LogP contribution in [0.25, 0.3) is 0 Å². The van der Waals surface area contributed by atoms with Gasteiger partial charge in [0.1, 0.15) is 5.82 Å². The zero-order chi connectivity index (χ0) is 17.1. The minimum Gasteiger partial charge on any atom is -0.376 e. The Balaban J connectivity index is 1.65. The first-order valence-corrected chi connectivity index (χ1v) is 9.18. The molecule has 1 aromatic heterocycles. The van der Waals surface area contributed by atoms with Gasteiger partial charge in [-0.15, -0.1) is 5.10 Å². The highest BCUT2D eigenvalue weighted by molar-refractivity contribution is 5.25. The molecule has 0 amide bonds. The molecule has 2 fully saturated rings. The first-order chi connectivity index (χ1) is 12.3. The minimum atomic E-state index is -0.222. The Labute approximate surface area is 147 Å². The monoisotopic (exact) mass is 345 g/mol. The van der Waals surface area contributed by atoms with Crippen LogP contribution >= 0.6 is 0 Å². The van der Waals surface area contributed by atoms with Gasteiger partial charge in [0.15, 0.2) is 5.82 Å². The normalized spacial score (nSPS) is 23.0. The van der Waals surface area contributed by atoms with E-state index in [0.717, 1.165) is 43.9 Å². The number of hydrogen-bond acceptors (Lipinski definition) is 5. The smallest absolute Gasteiger partial charge is 0.173 e. The van der Waals surface area contributed by atoms with Gasteiger partial charge in [-0.1, -0.05) is 18.6 Å². The molecule has 2 aliphatic rings. The molecular weight excluding hydrogens is 321 g/mol. The molecule has 7 heteroatoms. The summed E-state index contributed by atoms with van der Waals surface area (Å²) < 4.78 is 21.0. The summed E-state index contributed by atoms with van der Waals surface area (Å²) in [7, 11) is 0. The molecule has 0 radical (unpaired) electrons. The summed E-state index contributed by atoms with van der Waals surface area (Å²) in [6.45, 7) is 3.51. The number of halogens is 1. The minimum absolute atomic E-state index is 0.0442. The maximum absolute atomic E-state index is 13.4. The molecule has 3 heterocycles. The molecule has 1 aromatic carbocycles. The van der Waals surface area contributed by atoms with Gasteiger partial charge in [0.05, 0.1) is 18.7 Å². The van der Waals surface area contributed by atoms with E-state index < -0.39 is 0 Å². The fourth-order valence-corrected chi connectivity index (χ4v) is 3.86. The van der Waals surface area contributed by atoms with E-state index in [4.69, 9.17) is 4.74 Å². The molecule has 6 nitrogen and oxygen atoms in total. The number of nitrogens with zero attached hydrogens (tertiary/aromatic N) is 5. The van der Waals surface area contributed by atoms with Crippen molar-refractivity contribution in [2.24, 2.45) is 0 Å². The second-order valence-electron chi connectivity index (χ2n) is 6.90. The molecule has 2 atom stereocenters. The van der Waals surface area contributed by atoms with E-state index in [1.807, 2.05) is 16.8 Å². The lowest BCUT2D eigenvalue weighted by atomic mass is 10.0. The van der Waals surface area contributed by atoms with Gasteiger partial charge in [0.2, 0.25) is 0 Å². The number of benzene rings is 1. The fourth-order valence-electron chi connectivity index (χ4n) is 3.86. The van der Waals surface area contributed by atoms with E-state index in [1.165, 1.54) is 31.4 Å². The van der Waals surface area contributed by atoms with Crippen molar-refractivity contribution in [1.29, 1.82) is 0 Å². The lowest BCUT2D eigenvalue weighted by molar-refractivity contribution is 0.0902. The van der Waals surface area contributed by atoms with Crippen LogP contribution in [-0.4, -0.2) is 50.9 Å². The van der Waals surface area contributed by atoms with Crippen LogP contribution < -0.4 is 0 Å². The average Bonchev–Trinajstić information content (AvgIpc) is 3.31. The molecule has 134 valence electrons. The molecule has 4 rings (SSSR count). The molecule has 0 saturated carbocycles. The zero-order valence-corrected chi connectivity index (χ0v) is 14.4. The van der Waals surface area contributed by atoms with Gasteiger partial charge < -0.3 is 4.74 Å². The molecule has 0 aliphatic carbocycles. The molecule has 0 N–H and O–H groups in total. The van der Waals surface area contributed by atoms with E-state index in [0.29, 0.717) is 6.54 Å². The van der Waals surface area contributed by atoms with E-state index in [9.17, 15) is 4.39 Å². The van der Waals surface area contributed by atoms with Crippen molar-refractivity contribution in [1.82, 2.24) is 25.1 Å². The summed E-state index contributed by atoms with van der Waals surface area (Å²) in [6, 6.07) is 6.68. The van der Waals surface area contributed by atoms with E-state index >= 15 is 0 Å². The van der Waals surface area contributed by atoms with Gasteiger partial charge in [-0.25, -0.2) is 9.07 Å². The Morgan fingerprint density at radius 1 is 1.12 bits per heavy atom. The van der Waals surface area contributed by atoms with E-state index in [2.05, 4.69) is 20.4 Å². The average molecular weight is 345 g/mol. The summed E-state index contributed by atoms with van der Waals surface area (Å²) in [5.41, 5.74) is 1.03. The molecule has 2 saturated heterocycles. The maximum Gasteiger partial charge on any atom is 0.173 e. The van der Waals surface area contributed by atoms with Gasteiger partial charge in [0.25, 0.3) is 0 Å². The van der Waals surface area contributed by atoms with Crippen molar-refractivity contribution >= 4 is 0 Å². The predicted molar refractivity (Wildman–Crippen MR) is 90.5 cm³/mol. The van der Waals surface area contributed by atoms with E-state index in [-0.39, 0.29) is 18.0 Å². The third-order valence-corrected chi connectivity index (χ3v) is 5.15. The molecule has 0 unspecified atom stereocenters. The van der Waals surface area contributed by atoms with Crippen molar-refractivity contribution in [2.75, 3.05) is 19.7 Å². The number of rotatable bonds is 5. The third kappa shape index (κ3) is 3.72. The van der Waals surface area contributed by atoms with Crippen LogP contribution in [0.15, 0.2) is 24.3 Å². The highest BCUT2D eigenvalue weighted by atomic mass is 19.1. The van der Waals surface area contributed by atoms with Crippen LogP contribution in [0.2, 0.25) is 0 Å². The van der Waals surface area contributed by atoms with Crippen LogP contribution in [0.5, 0.6) is 0 Å². The zero-order valence-electron chi connectivity index (χ0n) is 14.4. The van der Waals surface area contributed by atoms with Crippen molar-refractivity contribution < 1.29 is 9.13 Å². The van der Waals surface area contributed by atoms with Crippen molar-refractivity contribution in [3.8, 4) is 0 Å². The number of tetrazole rings is 1. The Morgan fingerprint density at radius 2 is 1.92 bits per heavy atom. The highest BCUT2D eigenvalue weighted by Gasteiger charge is 2.30. The largest absolute Gasteiger partial charge is 0.376 e. The summed E-state index contributed by atoms with van der Waals surface area (Å²) >= 11 is 0. The third-order valence-electron chi connectivity index (χ3n) is 5.15. The molecule has 2 aromatic rings. The Bertz CT molecular complexity index is 677. The van der Waals surface area contributed by atoms with Crippen LogP contribution in [0.4, 0.5) is 4.39 Å². The second-order valence-corrected chi connectivity index (χ2v) is 6.90. The Hall–Kier alpha value is -1.86. The number of likely N-dealkylation sites (tertiary alicyclic amines) is 1. The molecule has 25 heavy (non-hydrogen) atoms. The number of hydrogen-bond donors (Lipinski definition) is 0. The van der Waals surface area contributed by atoms with Crippen LogP contribution in [-0.2, 0) is 11.3 Å². The van der Waals surface area contributed by atoms with Gasteiger partial charge in [-0.05, 0) is 66.9 Å². The molecule has 0 bridgehead atoms. The summed E-state index contributed by atoms with van der Waals surface area (Å²) in [5, 5.41) is 12.5. The Morgan fingerprint density at radius 3 is 2.64 bits per heavy atom. The lowest BCUT2D eigenvalue weighted by Gasteiger charge is -2.34. The van der Waals surface area contributed by atoms with E-state index in [1.54, 1.807) is 0 Å². The van der Waals surface area contributed by atoms with Gasteiger partial charge in [-0.3, -0.25) is 4.90 Å². The van der Waals surface area contributed by atoms with Gasteiger partial charge in [0, 0.05) is 6.61 Å². The first kappa shape index (κ1) is 16.6. The standard InChI is InChI=1S/C18H24FN5O/c19-15-8-6-14(7-9-15)17(23-10-2-1-3-11-23)18-20-21-22-24(18)13-16-5-4-12-25-16/h6-9,16-17H,1-5,10-13H2/t16-,17+/m1/s1. The number of aromatic nitrogens is 4. The SMILES string of the molecule is Fc1ccc([C@@H](c2nnnn2C[C@H]2CCCO2)N2CCCCC2)cc1. The van der Waals surface area contributed by atoms with Crippen LogP contribution in [0.3, 0.4) is 0 Å². The summed E-state index contributed by atoms with van der Waals surface area (Å²) in [6.07, 6.45) is 5.92. The van der Waals surface area contributed by atoms with Gasteiger partial charge >= 0.3 is 0 Å². The molecule has 2 aliphatic heterocycles. The topological polar surface area (TPSA) is 56.1 Å². The van der Waals surface area contributed by atoms with Gasteiger partial charge in [-0.2, -0.15) is 0 Å².